The summed E-state index contributed by atoms with van der Waals surface area (Å²) in [5.74, 6) is 2.90. The van der Waals surface area contributed by atoms with Crippen molar-refractivity contribution >= 4 is 17.3 Å². The molecule has 4 unspecified atom stereocenters. The minimum atomic E-state index is -0.443. The first-order chi connectivity index (χ1) is 9.65. The van der Waals surface area contributed by atoms with E-state index in [0.717, 1.165) is 11.8 Å². The highest BCUT2D eigenvalue weighted by molar-refractivity contribution is 5.95. The average molecular weight is 272 g/mol. The van der Waals surface area contributed by atoms with Gasteiger partial charge in [-0.3, -0.25) is 14.9 Å². The van der Waals surface area contributed by atoms with Crippen molar-refractivity contribution in [2.24, 2.45) is 29.6 Å². The van der Waals surface area contributed by atoms with Crippen molar-refractivity contribution in [2.75, 3.05) is 5.32 Å². The highest BCUT2D eigenvalue weighted by Crippen LogP contribution is 2.69. The lowest BCUT2D eigenvalue weighted by Gasteiger charge is -2.09. The fraction of sp³-hybridized carbons (Fsp3) is 0.533. The van der Waals surface area contributed by atoms with Crippen LogP contribution >= 0.6 is 0 Å². The van der Waals surface area contributed by atoms with Crippen LogP contribution in [-0.2, 0) is 4.79 Å². The molecule has 5 nitrogen and oxygen atoms in total. The van der Waals surface area contributed by atoms with Crippen molar-refractivity contribution in [2.45, 2.75) is 19.3 Å². The Hall–Kier alpha value is -1.91. The second-order valence-electron chi connectivity index (χ2n) is 6.31. The zero-order valence-electron chi connectivity index (χ0n) is 11.0. The van der Waals surface area contributed by atoms with Gasteiger partial charge in [-0.1, -0.05) is 6.07 Å². The molecule has 0 spiro atoms. The Labute approximate surface area is 116 Å². The lowest BCUT2D eigenvalue weighted by atomic mass is 10.0. The Morgan fingerprint density at radius 3 is 2.60 bits per heavy atom. The fourth-order valence-corrected chi connectivity index (χ4v) is 4.60. The van der Waals surface area contributed by atoms with Crippen LogP contribution in [0.2, 0.25) is 0 Å². The summed E-state index contributed by atoms with van der Waals surface area (Å²) in [7, 11) is 0. The van der Waals surface area contributed by atoms with E-state index in [1.165, 1.54) is 31.4 Å². The summed E-state index contributed by atoms with van der Waals surface area (Å²) in [6.07, 6.45) is 3.88. The van der Waals surface area contributed by atoms with E-state index in [0.29, 0.717) is 17.5 Å². The van der Waals surface area contributed by atoms with E-state index >= 15 is 0 Å². The molecule has 104 valence electrons. The number of benzene rings is 1. The summed E-state index contributed by atoms with van der Waals surface area (Å²) < 4.78 is 0. The predicted molar refractivity (Wildman–Crippen MR) is 73.0 cm³/mol. The quantitative estimate of drug-likeness (QED) is 0.679. The maximum Gasteiger partial charge on any atom is 0.271 e. The Morgan fingerprint density at radius 1 is 1.25 bits per heavy atom. The van der Waals surface area contributed by atoms with Gasteiger partial charge in [-0.2, -0.15) is 0 Å². The third-order valence-electron chi connectivity index (χ3n) is 5.36. The van der Waals surface area contributed by atoms with E-state index < -0.39 is 4.92 Å². The van der Waals surface area contributed by atoms with Crippen LogP contribution in [-0.4, -0.2) is 10.8 Å². The topological polar surface area (TPSA) is 72.2 Å². The maximum atomic E-state index is 12.3. The molecule has 1 aromatic rings. The number of nitro benzene ring substituents is 1. The number of hydrogen-bond donors (Lipinski definition) is 1. The smallest absolute Gasteiger partial charge is 0.271 e. The number of non-ortho nitro benzene ring substituents is 1. The number of nitro groups is 1. The van der Waals surface area contributed by atoms with Crippen molar-refractivity contribution < 1.29 is 9.72 Å². The normalized spacial score (nSPS) is 36.5. The number of rotatable bonds is 3. The molecule has 3 aliphatic rings. The molecule has 3 saturated carbocycles. The van der Waals surface area contributed by atoms with Crippen molar-refractivity contribution in [3.05, 3.63) is 34.4 Å². The number of nitrogens with one attached hydrogen (secondary N) is 1. The molecule has 2 bridgehead atoms. The number of nitrogens with zero attached hydrogens (tertiary/aromatic N) is 1. The lowest BCUT2D eigenvalue weighted by Crippen LogP contribution is -2.18. The van der Waals surface area contributed by atoms with Gasteiger partial charge in [0.2, 0.25) is 5.91 Å². The summed E-state index contributed by atoms with van der Waals surface area (Å²) in [5.41, 5.74) is 0.542. The molecule has 1 N–H and O–H groups in total. The molecular formula is C15H16N2O3. The van der Waals surface area contributed by atoms with Crippen LogP contribution in [0.5, 0.6) is 0 Å². The Kier molecular flexibility index (Phi) is 2.40. The maximum absolute atomic E-state index is 12.3. The van der Waals surface area contributed by atoms with E-state index in [2.05, 4.69) is 5.32 Å². The zero-order chi connectivity index (χ0) is 13.9. The highest BCUT2D eigenvalue weighted by atomic mass is 16.6. The number of amides is 1. The molecule has 4 atom stereocenters. The van der Waals surface area contributed by atoms with Gasteiger partial charge in [0, 0.05) is 23.7 Å². The van der Waals surface area contributed by atoms with Gasteiger partial charge in [0.1, 0.15) is 0 Å². The molecular weight excluding hydrogens is 256 g/mol. The fourth-order valence-electron chi connectivity index (χ4n) is 4.60. The first-order valence-corrected chi connectivity index (χ1v) is 7.20. The average Bonchev–Trinajstić information content (AvgIpc) is 2.88. The summed E-state index contributed by atoms with van der Waals surface area (Å²) in [5, 5.41) is 13.6. The van der Waals surface area contributed by atoms with Gasteiger partial charge in [0.25, 0.3) is 5.69 Å². The van der Waals surface area contributed by atoms with Crippen LogP contribution in [0.3, 0.4) is 0 Å². The molecule has 1 amide bonds. The Bertz CT molecular complexity index is 585. The molecule has 1 aromatic carbocycles. The van der Waals surface area contributed by atoms with E-state index in [1.54, 1.807) is 12.1 Å². The summed E-state index contributed by atoms with van der Waals surface area (Å²) >= 11 is 0. The SMILES string of the molecule is O=C(Nc1cccc([N+](=O)[O-])c1)C1C2C3CCC(C3)C12. The number of fused-ring (bicyclic) bond motifs is 5. The van der Waals surface area contributed by atoms with Crippen molar-refractivity contribution in [1.29, 1.82) is 0 Å². The van der Waals surface area contributed by atoms with E-state index in [-0.39, 0.29) is 17.5 Å². The molecule has 20 heavy (non-hydrogen) atoms. The first-order valence-electron chi connectivity index (χ1n) is 7.20. The third-order valence-corrected chi connectivity index (χ3v) is 5.36. The second-order valence-corrected chi connectivity index (χ2v) is 6.31. The largest absolute Gasteiger partial charge is 0.326 e. The molecule has 4 rings (SSSR count). The van der Waals surface area contributed by atoms with Crippen LogP contribution in [0, 0.1) is 39.7 Å². The van der Waals surface area contributed by atoms with Gasteiger partial charge in [0.05, 0.1) is 4.92 Å². The standard InChI is InChI=1S/C15H16N2O3/c18-15(14-12-8-4-5-9(6-8)13(12)14)16-10-2-1-3-11(7-10)17(19)20/h1-3,7-9,12-14H,4-6H2,(H,16,18). The zero-order valence-corrected chi connectivity index (χ0v) is 11.0. The van der Waals surface area contributed by atoms with Gasteiger partial charge >= 0.3 is 0 Å². The van der Waals surface area contributed by atoms with Crippen LogP contribution in [0.1, 0.15) is 19.3 Å². The number of carbonyl (C=O) groups excluding carboxylic acids is 1. The van der Waals surface area contributed by atoms with Gasteiger partial charge in [-0.25, -0.2) is 0 Å². The van der Waals surface area contributed by atoms with Crippen LogP contribution in [0.4, 0.5) is 11.4 Å². The van der Waals surface area contributed by atoms with Gasteiger partial charge < -0.3 is 5.32 Å². The predicted octanol–water partition coefficient (Wildman–Crippen LogP) is 2.83. The van der Waals surface area contributed by atoms with Crippen LogP contribution < -0.4 is 5.32 Å². The second kappa shape index (κ2) is 4.04. The molecule has 0 radical (unpaired) electrons. The molecule has 0 aromatic heterocycles. The summed E-state index contributed by atoms with van der Waals surface area (Å²) in [6, 6.07) is 6.16. The van der Waals surface area contributed by atoms with Gasteiger partial charge in [-0.05, 0) is 49.0 Å². The van der Waals surface area contributed by atoms with Crippen molar-refractivity contribution in [1.82, 2.24) is 0 Å². The molecule has 0 aliphatic heterocycles. The molecule has 0 heterocycles. The Balaban J connectivity index is 1.46. The van der Waals surface area contributed by atoms with E-state index in [4.69, 9.17) is 0 Å². The third kappa shape index (κ3) is 1.65. The number of carbonyl (C=O) groups is 1. The first kappa shape index (κ1) is 11.9. The molecule has 3 aliphatic carbocycles. The molecule has 0 saturated heterocycles. The van der Waals surface area contributed by atoms with Gasteiger partial charge in [-0.15, -0.1) is 0 Å². The number of anilines is 1. The van der Waals surface area contributed by atoms with E-state index in [9.17, 15) is 14.9 Å². The van der Waals surface area contributed by atoms with Crippen molar-refractivity contribution in [3.8, 4) is 0 Å². The van der Waals surface area contributed by atoms with Crippen molar-refractivity contribution in [3.63, 3.8) is 0 Å². The summed E-state index contributed by atoms with van der Waals surface area (Å²) in [4.78, 5) is 22.6. The number of hydrogen-bond acceptors (Lipinski definition) is 3. The minimum Gasteiger partial charge on any atom is -0.326 e. The highest BCUT2D eigenvalue weighted by Gasteiger charge is 2.67. The minimum absolute atomic E-state index is 0.0128. The van der Waals surface area contributed by atoms with Crippen LogP contribution in [0.15, 0.2) is 24.3 Å². The molecule has 5 heteroatoms. The monoisotopic (exact) mass is 272 g/mol. The van der Waals surface area contributed by atoms with E-state index in [1.807, 2.05) is 0 Å². The van der Waals surface area contributed by atoms with Crippen LogP contribution in [0.25, 0.3) is 0 Å². The summed E-state index contributed by atoms with van der Waals surface area (Å²) in [6.45, 7) is 0. The molecule has 3 fully saturated rings. The van der Waals surface area contributed by atoms with Gasteiger partial charge in [0.15, 0.2) is 0 Å². The lowest BCUT2D eigenvalue weighted by molar-refractivity contribution is -0.384. The Morgan fingerprint density at radius 2 is 1.95 bits per heavy atom.